The Morgan fingerprint density at radius 1 is 0.882 bits per heavy atom. The molecule has 0 amide bonds. The monoisotopic (exact) mass is 509 g/mol. The van der Waals surface area contributed by atoms with Crippen LogP contribution in [0.1, 0.15) is 48.8 Å². The summed E-state index contributed by atoms with van der Waals surface area (Å²) < 4.78 is 29.1. The average molecular weight is 509 g/mol. The third kappa shape index (κ3) is 8.56. The maximum absolute atomic E-state index is 11.5. The lowest BCUT2D eigenvalue weighted by Gasteiger charge is -2.33. The first-order valence-electron chi connectivity index (χ1n) is 11.4. The maximum atomic E-state index is 11.5. The van der Waals surface area contributed by atoms with Crippen LogP contribution in [0.3, 0.4) is 0 Å². The zero-order valence-electron chi connectivity index (χ0n) is 18.9. The van der Waals surface area contributed by atoms with E-state index in [1.54, 1.807) is 0 Å². The molecule has 1 aliphatic rings. The molecule has 8 nitrogen and oxygen atoms in total. The summed E-state index contributed by atoms with van der Waals surface area (Å²) in [5.74, 6) is 0. The molecule has 1 saturated carbocycles. The average Bonchev–Trinajstić information content (AvgIpc) is 2.79. The van der Waals surface area contributed by atoms with Crippen LogP contribution in [0.25, 0.3) is 12.2 Å². The number of hydrogen-bond acceptors (Lipinski definition) is 4. The third-order valence-corrected chi connectivity index (χ3v) is 9.87. The normalized spacial score (nSPS) is 19.7. The number of benzene rings is 2. The van der Waals surface area contributed by atoms with Gasteiger partial charge in [0.1, 0.15) is 0 Å². The van der Waals surface area contributed by atoms with Gasteiger partial charge in [-0.3, -0.25) is 9.13 Å². The first-order valence-corrected chi connectivity index (χ1v) is 14.8. The highest BCUT2D eigenvalue weighted by Crippen LogP contribution is 2.61. The van der Waals surface area contributed by atoms with Crippen molar-refractivity contribution < 1.29 is 33.4 Å². The Hall–Kier alpha value is -1.60. The molecule has 0 spiro atoms. The molecule has 2 unspecified atom stereocenters. The van der Waals surface area contributed by atoms with Gasteiger partial charge in [-0.05, 0) is 42.5 Å². The largest absolute Gasteiger partial charge is 0.372 e. The van der Waals surface area contributed by atoms with Gasteiger partial charge in [-0.15, -0.1) is 0 Å². The maximum Gasteiger partial charge on any atom is 0.340 e. The van der Waals surface area contributed by atoms with Gasteiger partial charge in [-0.1, -0.05) is 79.6 Å². The van der Waals surface area contributed by atoms with E-state index in [0.717, 1.165) is 42.4 Å². The standard InChI is InChI=1S/C24H33NO7P2/c26-33(27,28)24(34(29,30)31)16-17-25-22-8-4-5-9-23(22)32-18-21-14-12-20(13-15-21)11-10-19-6-2-1-3-7-19/h1-3,6-7,10-15,22-25H,4-5,8-9,16-18H2,(H2,26,27,28)(H2,29,30,31). The minimum atomic E-state index is -4.90. The molecule has 0 radical (unpaired) electrons. The van der Waals surface area contributed by atoms with Crippen molar-refractivity contribution in [3.63, 3.8) is 0 Å². The molecular weight excluding hydrogens is 476 g/mol. The first kappa shape index (κ1) is 27.0. The molecule has 2 aromatic rings. The van der Waals surface area contributed by atoms with Crippen molar-refractivity contribution in [2.45, 2.75) is 56.3 Å². The van der Waals surface area contributed by atoms with Crippen LogP contribution >= 0.6 is 15.2 Å². The fraction of sp³-hybridized carbons (Fsp3) is 0.417. The van der Waals surface area contributed by atoms with E-state index in [4.69, 9.17) is 4.74 Å². The predicted molar refractivity (Wildman–Crippen MR) is 133 cm³/mol. The zero-order valence-corrected chi connectivity index (χ0v) is 20.7. The second-order valence-electron chi connectivity index (χ2n) is 8.63. The van der Waals surface area contributed by atoms with Crippen LogP contribution in [0.2, 0.25) is 0 Å². The van der Waals surface area contributed by atoms with E-state index in [1.165, 1.54) is 0 Å². The van der Waals surface area contributed by atoms with Crippen LogP contribution in [0.15, 0.2) is 54.6 Å². The summed E-state index contributed by atoms with van der Waals surface area (Å²) >= 11 is 0. The predicted octanol–water partition coefficient (Wildman–Crippen LogP) is 4.35. The van der Waals surface area contributed by atoms with Crippen molar-refractivity contribution in [2.75, 3.05) is 6.54 Å². The van der Waals surface area contributed by atoms with Crippen LogP contribution in [0.5, 0.6) is 0 Å². The zero-order chi connectivity index (χ0) is 24.6. The molecule has 2 aromatic carbocycles. The van der Waals surface area contributed by atoms with Gasteiger partial charge in [0, 0.05) is 6.04 Å². The lowest BCUT2D eigenvalue weighted by atomic mass is 9.92. The number of ether oxygens (including phenoxy) is 1. The Bertz CT molecular complexity index is 995. The molecule has 0 aromatic heterocycles. The molecule has 1 fully saturated rings. The highest BCUT2D eigenvalue weighted by atomic mass is 31.2. The van der Waals surface area contributed by atoms with E-state index in [9.17, 15) is 28.7 Å². The topological polar surface area (TPSA) is 136 Å². The number of nitrogens with one attached hydrogen (secondary N) is 1. The Morgan fingerprint density at radius 2 is 1.47 bits per heavy atom. The highest BCUT2D eigenvalue weighted by molar-refractivity contribution is 7.70. The summed E-state index contributed by atoms with van der Waals surface area (Å²) in [4.78, 5) is 37.1. The molecule has 2 atom stereocenters. The summed E-state index contributed by atoms with van der Waals surface area (Å²) in [6, 6.07) is 18.2. The van der Waals surface area contributed by atoms with Crippen molar-refractivity contribution in [1.82, 2.24) is 5.32 Å². The fourth-order valence-electron chi connectivity index (χ4n) is 4.14. The van der Waals surface area contributed by atoms with Gasteiger partial charge in [0.25, 0.3) is 0 Å². The Balaban J connectivity index is 1.50. The summed E-state index contributed by atoms with van der Waals surface area (Å²) in [5, 5.41) is 1.22. The Morgan fingerprint density at radius 3 is 2.09 bits per heavy atom. The van der Waals surface area contributed by atoms with E-state index in [0.29, 0.717) is 6.61 Å². The van der Waals surface area contributed by atoms with Crippen molar-refractivity contribution in [2.24, 2.45) is 0 Å². The van der Waals surface area contributed by atoms with Crippen molar-refractivity contribution in [3.8, 4) is 0 Å². The molecule has 1 aliphatic carbocycles. The van der Waals surface area contributed by atoms with Crippen molar-refractivity contribution in [3.05, 3.63) is 71.3 Å². The van der Waals surface area contributed by atoms with E-state index in [-0.39, 0.29) is 25.1 Å². The summed E-state index contributed by atoms with van der Waals surface area (Å²) in [6.45, 7) is 0.535. The Labute approximate surface area is 200 Å². The molecule has 0 heterocycles. The fourth-order valence-corrected chi connectivity index (χ4v) is 6.64. The summed E-state index contributed by atoms with van der Waals surface area (Å²) in [6.07, 6.45) is 7.46. The van der Waals surface area contributed by atoms with Crippen LogP contribution in [-0.4, -0.2) is 43.7 Å². The van der Waals surface area contributed by atoms with Crippen molar-refractivity contribution in [1.29, 1.82) is 0 Å². The van der Waals surface area contributed by atoms with Gasteiger partial charge in [-0.25, -0.2) is 0 Å². The highest BCUT2D eigenvalue weighted by Gasteiger charge is 2.42. The van der Waals surface area contributed by atoms with E-state index in [1.807, 2.05) is 54.6 Å². The summed E-state index contributed by atoms with van der Waals surface area (Å²) in [5.41, 5.74) is 3.28. The van der Waals surface area contributed by atoms with Crippen LogP contribution in [-0.2, 0) is 20.5 Å². The molecule has 0 bridgehead atoms. The molecule has 3 rings (SSSR count). The van der Waals surface area contributed by atoms with E-state index < -0.39 is 20.6 Å². The SMILES string of the molecule is O=P(O)(O)C(CCNC1CCCCC1OCc1ccc(C=Cc2ccccc2)cc1)P(=O)(O)O. The molecule has 0 saturated heterocycles. The molecule has 34 heavy (non-hydrogen) atoms. The molecule has 10 heteroatoms. The molecule has 0 aliphatic heterocycles. The van der Waals surface area contributed by atoms with Crippen LogP contribution < -0.4 is 5.32 Å². The van der Waals surface area contributed by atoms with E-state index >= 15 is 0 Å². The lowest BCUT2D eigenvalue weighted by molar-refractivity contribution is -0.00542. The van der Waals surface area contributed by atoms with Gasteiger partial charge in [-0.2, -0.15) is 0 Å². The van der Waals surface area contributed by atoms with Gasteiger partial charge in [0.05, 0.1) is 12.7 Å². The minimum absolute atomic E-state index is 0.0315. The third-order valence-electron chi connectivity index (χ3n) is 6.00. The number of hydrogen-bond donors (Lipinski definition) is 5. The molecule has 5 N–H and O–H groups in total. The van der Waals surface area contributed by atoms with E-state index in [2.05, 4.69) is 17.5 Å². The minimum Gasteiger partial charge on any atom is -0.372 e. The smallest absolute Gasteiger partial charge is 0.340 e. The van der Waals surface area contributed by atoms with Crippen LogP contribution in [0.4, 0.5) is 0 Å². The quantitative estimate of drug-likeness (QED) is 0.223. The molecular formula is C24H33NO7P2. The first-order chi connectivity index (χ1) is 16.1. The van der Waals surface area contributed by atoms with Gasteiger partial charge in [0.2, 0.25) is 0 Å². The number of rotatable bonds is 11. The molecule has 186 valence electrons. The van der Waals surface area contributed by atoms with Gasteiger partial charge >= 0.3 is 15.2 Å². The van der Waals surface area contributed by atoms with Crippen molar-refractivity contribution >= 4 is 27.3 Å². The summed E-state index contributed by atoms with van der Waals surface area (Å²) in [7, 11) is -9.80. The van der Waals surface area contributed by atoms with Crippen LogP contribution in [0, 0.1) is 0 Å². The second-order valence-corrected chi connectivity index (χ2v) is 12.6. The van der Waals surface area contributed by atoms with Gasteiger partial charge in [0.15, 0.2) is 5.40 Å². The Kier molecular flexibility index (Phi) is 9.84. The second kappa shape index (κ2) is 12.4. The lowest BCUT2D eigenvalue weighted by Crippen LogP contribution is -2.44. The van der Waals surface area contributed by atoms with Gasteiger partial charge < -0.3 is 29.6 Å².